The van der Waals surface area contributed by atoms with Gasteiger partial charge in [-0.2, -0.15) is 0 Å². The van der Waals surface area contributed by atoms with Crippen molar-refractivity contribution >= 4 is 23.5 Å². The van der Waals surface area contributed by atoms with Gasteiger partial charge in [0.2, 0.25) is 11.6 Å². The quantitative estimate of drug-likeness (QED) is 0.913. The van der Waals surface area contributed by atoms with E-state index in [1.165, 1.54) is 9.80 Å². The van der Waals surface area contributed by atoms with Crippen LogP contribution in [0, 0.1) is 0 Å². The first-order valence-corrected chi connectivity index (χ1v) is 7.01. The van der Waals surface area contributed by atoms with Gasteiger partial charge in [0.15, 0.2) is 0 Å². The normalized spacial score (nSPS) is 24.0. The van der Waals surface area contributed by atoms with Crippen LogP contribution in [-0.2, 0) is 9.59 Å². The van der Waals surface area contributed by atoms with Crippen molar-refractivity contribution in [3.05, 3.63) is 29.8 Å². The Bertz CT molecular complexity index is 642. The second-order valence-electron chi connectivity index (χ2n) is 5.32. The molecule has 1 aromatic carbocycles. The first-order valence-electron chi connectivity index (χ1n) is 7.01. The number of anilines is 1. The Morgan fingerprint density at radius 1 is 1.33 bits per heavy atom. The second-order valence-corrected chi connectivity index (χ2v) is 5.32. The molecule has 1 saturated heterocycles. The number of hydrogen-bond acceptors (Lipinski definition) is 3. The average molecular weight is 288 g/mol. The van der Waals surface area contributed by atoms with E-state index >= 15 is 0 Å². The molecule has 110 valence electrons. The number of amides is 2. The summed E-state index contributed by atoms with van der Waals surface area (Å²) in [5.74, 6) is -1.72. The summed E-state index contributed by atoms with van der Waals surface area (Å²) >= 11 is 0. The summed E-state index contributed by atoms with van der Waals surface area (Å²) in [6, 6.07) is 6.70. The largest absolute Gasteiger partial charge is 0.478 e. The number of benzene rings is 1. The van der Waals surface area contributed by atoms with Gasteiger partial charge in [0.1, 0.15) is 0 Å². The fraction of sp³-hybridized carbons (Fsp3) is 0.400. The summed E-state index contributed by atoms with van der Waals surface area (Å²) in [6.45, 7) is 2.19. The lowest BCUT2D eigenvalue weighted by Gasteiger charge is -2.47. The number of carbonyl (C=O) groups is 3. The highest BCUT2D eigenvalue weighted by atomic mass is 16.4. The maximum Gasteiger partial charge on any atom is 0.351 e. The minimum atomic E-state index is -1.57. The summed E-state index contributed by atoms with van der Waals surface area (Å²) < 4.78 is 0. The molecule has 2 heterocycles. The van der Waals surface area contributed by atoms with E-state index in [2.05, 4.69) is 0 Å². The maximum absolute atomic E-state index is 12.7. The Morgan fingerprint density at radius 2 is 2.05 bits per heavy atom. The molecule has 2 aliphatic heterocycles. The molecule has 0 aliphatic carbocycles. The highest BCUT2D eigenvalue weighted by Crippen LogP contribution is 2.44. The van der Waals surface area contributed by atoms with Crippen molar-refractivity contribution in [2.45, 2.75) is 31.8 Å². The summed E-state index contributed by atoms with van der Waals surface area (Å²) in [5.41, 5.74) is -0.781. The highest BCUT2D eigenvalue weighted by Gasteiger charge is 2.60. The van der Waals surface area contributed by atoms with Crippen LogP contribution in [0.15, 0.2) is 24.3 Å². The number of carboxylic acids is 1. The molecule has 1 fully saturated rings. The predicted molar refractivity (Wildman–Crippen MR) is 74.9 cm³/mol. The lowest BCUT2D eigenvalue weighted by atomic mass is 9.96. The fourth-order valence-corrected chi connectivity index (χ4v) is 3.29. The van der Waals surface area contributed by atoms with E-state index in [4.69, 9.17) is 0 Å². The van der Waals surface area contributed by atoms with Crippen LogP contribution in [0.3, 0.4) is 0 Å². The van der Waals surface area contributed by atoms with Gasteiger partial charge in [-0.3, -0.25) is 14.5 Å². The molecular formula is C15H16N2O4. The highest BCUT2D eigenvalue weighted by molar-refractivity contribution is 6.15. The van der Waals surface area contributed by atoms with Gasteiger partial charge in [-0.25, -0.2) is 4.79 Å². The van der Waals surface area contributed by atoms with Crippen molar-refractivity contribution in [2.75, 3.05) is 11.4 Å². The summed E-state index contributed by atoms with van der Waals surface area (Å²) in [7, 11) is 0. The van der Waals surface area contributed by atoms with Crippen LogP contribution >= 0.6 is 0 Å². The number of aliphatic carboxylic acids is 1. The van der Waals surface area contributed by atoms with Crippen LogP contribution in [0.2, 0.25) is 0 Å². The third-order valence-electron chi connectivity index (χ3n) is 4.16. The van der Waals surface area contributed by atoms with Crippen molar-refractivity contribution in [3.63, 3.8) is 0 Å². The number of carbonyl (C=O) groups excluding carboxylic acids is 2. The monoisotopic (exact) mass is 288 g/mol. The van der Waals surface area contributed by atoms with Crippen molar-refractivity contribution in [2.24, 2.45) is 0 Å². The number of carboxylic acid groups (broad SMARTS) is 1. The molecule has 6 heteroatoms. The smallest absolute Gasteiger partial charge is 0.351 e. The third kappa shape index (κ3) is 1.62. The molecule has 1 N–H and O–H groups in total. The van der Waals surface area contributed by atoms with Crippen LogP contribution in [-0.4, -0.2) is 40.0 Å². The molecule has 0 spiro atoms. The average Bonchev–Trinajstić information content (AvgIpc) is 2.82. The summed E-state index contributed by atoms with van der Waals surface area (Å²) in [4.78, 5) is 39.5. The SMILES string of the molecule is CCCN1C(=O)c2ccccc2N2C(=O)CCC12C(=O)O. The van der Waals surface area contributed by atoms with E-state index in [1.54, 1.807) is 24.3 Å². The number of fused-ring (bicyclic) bond motifs is 3. The molecule has 0 bridgehead atoms. The Labute approximate surface area is 122 Å². The Morgan fingerprint density at radius 3 is 2.71 bits per heavy atom. The van der Waals surface area contributed by atoms with Gasteiger partial charge < -0.3 is 10.0 Å². The topological polar surface area (TPSA) is 77.9 Å². The summed E-state index contributed by atoms with van der Waals surface area (Å²) in [6.07, 6.45) is 0.889. The minimum Gasteiger partial charge on any atom is -0.478 e. The number of para-hydroxylation sites is 1. The van der Waals surface area contributed by atoms with Crippen LogP contribution < -0.4 is 4.90 Å². The zero-order valence-corrected chi connectivity index (χ0v) is 11.7. The van der Waals surface area contributed by atoms with Crippen LogP contribution in [0.4, 0.5) is 5.69 Å². The molecule has 3 rings (SSSR count). The van der Waals surface area contributed by atoms with E-state index in [1.807, 2.05) is 6.92 Å². The molecule has 1 aromatic rings. The van der Waals surface area contributed by atoms with E-state index in [0.717, 1.165) is 0 Å². The van der Waals surface area contributed by atoms with Crippen molar-refractivity contribution in [1.82, 2.24) is 4.90 Å². The second kappa shape index (κ2) is 4.58. The Balaban J connectivity index is 2.27. The fourth-order valence-electron chi connectivity index (χ4n) is 3.29. The third-order valence-corrected chi connectivity index (χ3v) is 4.16. The maximum atomic E-state index is 12.7. The number of nitrogens with zero attached hydrogens (tertiary/aromatic N) is 2. The standard InChI is InChI=1S/C15H16N2O4/c1-2-9-16-13(19)10-5-3-4-6-11(10)17-12(18)7-8-15(16,17)14(20)21/h3-6H,2,7-9H2,1H3,(H,20,21). The predicted octanol–water partition coefficient (Wildman–Crippen LogP) is 1.46. The molecule has 1 atom stereocenters. The minimum absolute atomic E-state index is 0.126. The van der Waals surface area contributed by atoms with Gasteiger partial charge in [0.25, 0.3) is 5.91 Å². The van der Waals surface area contributed by atoms with Gasteiger partial charge in [0, 0.05) is 19.4 Å². The molecule has 21 heavy (non-hydrogen) atoms. The number of rotatable bonds is 3. The molecule has 1 unspecified atom stereocenters. The molecule has 0 aromatic heterocycles. The first kappa shape index (κ1) is 13.6. The molecule has 0 saturated carbocycles. The van der Waals surface area contributed by atoms with Crippen molar-refractivity contribution in [1.29, 1.82) is 0 Å². The lowest BCUT2D eigenvalue weighted by molar-refractivity contribution is -0.150. The van der Waals surface area contributed by atoms with Gasteiger partial charge in [0.05, 0.1) is 11.3 Å². The van der Waals surface area contributed by atoms with Gasteiger partial charge in [-0.05, 0) is 18.6 Å². The van der Waals surface area contributed by atoms with Gasteiger partial charge in [-0.15, -0.1) is 0 Å². The van der Waals surface area contributed by atoms with E-state index in [0.29, 0.717) is 24.2 Å². The number of hydrogen-bond donors (Lipinski definition) is 1. The molecule has 2 amide bonds. The Hall–Kier alpha value is -2.37. The lowest BCUT2D eigenvalue weighted by Crippen LogP contribution is -2.68. The first-order chi connectivity index (χ1) is 10.0. The molecule has 0 radical (unpaired) electrons. The van der Waals surface area contributed by atoms with Gasteiger partial charge in [-0.1, -0.05) is 19.1 Å². The summed E-state index contributed by atoms with van der Waals surface area (Å²) in [5, 5.41) is 9.77. The van der Waals surface area contributed by atoms with E-state index in [9.17, 15) is 19.5 Å². The van der Waals surface area contributed by atoms with Crippen molar-refractivity contribution in [3.8, 4) is 0 Å². The van der Waals surface area contributed by atoms with Crippen molar-refractivity contribution < 1.29 is 19.5 Å². The zero-order valence-electron chi connectivity index (χ0n) is 11.7. The molecule has 2 aliphatic rings. The molecule has 6 nitrogen and oxygen atoms in total. The van der Waals surface area contributed by atoms with Gasteiger partial charge >= 0.3 is 5.97 Å². The Kier molecular flexibility index (Phi) is 2.97. The van der Waals surface area contributed by atoms with E-state index < -0.39 is 11.6 Å². The molecular weight excluding hydrogens is 272 g/mol. The van der Waals surface area contributed by atoms with Crippen LogP contribution in [0.1, 0.15) is 36.5 Å². The van der Waals surface area contributed by atoms with Crippen LogP contribution in [0.5, 0.6) is 0 Å². The van der Waals surface area contributed by atoms with Crippen LogP contribution in [0.25, 0.3) is 0 Å². The zero-order chi connectivity index (χ0) is 15.2. The van der Waals surface area contributed by atoms with E-state index in [-0.39, 0.29) is 24.7 Å².